The fourth-order valence-corrected chi connectivity index (χ4v) is 2.74. The molecule has 0 fully saturated rings. The first-order valence-corrected chi connectivity index (χ1v) is 8.32. The van der Waals surface area contributed by atoms with Gasteiger partial charge in [-0.3, -0.25) is 4.79 Å². The number of ether oxygens (including phenoxy) is 2. The number of hydrogen-bond acceptors (Lipinski definition) is 5. The van der Waals surface area contributed by atoms with Gasteiger partial charge in [-0.15, -0.1) is 0 Å². The Balaban J connectivity index is 1.66. The van der Waals surface area contributed by atoms with Gasteiger partial charge >= 0.3 is 5.97 Å². The highest BCUT2D eigenvalue weighted by Crippen LogP contribution is 2.17. The summed E-state index contributed by atoms with van der Waals surface area (Å²) in [4.78, 5) is 31.2. The summed E-state index contributed by atoms with van der Waals surface area (Å²) in [7, 11) is 0. The van der Waals surface area contributed by atoms with Crippen molar-refractivity contribution in [3.05, 3.63) is 69.8 Å². The number of rotatable bonds is 5. The van der Waals surface area contributed by atoms with Crippen LogP contribution in [0.25, 0.3) is 10.9 Å². The lowest BCUT2D eigenvalue weighted by Crippen LogP contribution is -2.20. The number of benzene rings is 2. The number of fused-ring (bicyclic) bond motifs is 1. The summed E-state index contributed by atoms with van der Waals surface area (Å²) in [5.41, 5.74) is 2.40. The number of carbonyl (C=O) groups is 1. The van der Waals surface area contributed by atoms with Gasteiger partial charge < -0.3 is 14.5 Å². The second-order valence-corrected chi connectivity index (χ2v) is 6.21. The topological polar surface area (TPSA) is 81.3 Å². The summed E-state index contributed by atoms with van der Waals surface area (Å²) < 4.78 is 10.8. The molecule has 1 heterocycles. The van der Waals surface area contributed by atoms with Gasteiger partial charge in [0.15, 0.2) is 18.5 Å². The maximum Gasteiger partial charge on any atom is 0.344 e. The molecular formula is C20H20N2O4. The molecule has 1 aromatic heterocycles. The predicted molar refractivity (Wildman–Crippen MR) is 98.3 cm³/mol. The molecule has 134 valence electrons. The Morgan fingerprint density at radius 3 is 2.58 bits per heavy atom. The average Bonchev–Trinajstić information content (AvgIpc) is 2.59. The number of nitrogens with zero attached hydrogens (tertiary/aromatic N) is 1. The van der Waals surface area contributed by atoms with E-state index in [2.05, 4.69) is 9.97 Å². The normalized spacial score (nSPS) is 12.0. The van der Waals surface area contributed by atoms with Gasteiger partial charge in [-0.2, -0.15) is 0 Å². The highest BCUT2D eigenvalue weighted by Gasteiger charge is 2.16. The SMILES string of the molecule is Cc1cc(C)cc(OCC(=O)O[C@@H](C)c2nc3ccccc3c(=O)[nH]2)c1. The largest absolute Gasteiger partial charge is 0.482 e. The summed E-state index contributed by atoms with van der Waals surface area (Å²) >= 11 is 0. The lowest BCUT2D eigenvalue weighted by atomic mass is 10.1. The molecule has 0 aliphatic carbocycles. The van der Waals surface area contributed by atoms with E-state index in [4.69, 9.17) is 9.47 Å². The molecule has 0 saturated carbocycles. The molecule has 0 aliphatic heterocycles. The molecule has 0 spiro atoms. The molecule has 3 aromatic rings. The van der Waals surface area contributed by atoms with Crippen molar-refractivity contribution in [3.8, 4) is 5.75 Å². The Morgan fingerprint density at radius 1 is 1.15 bits per heavy atom. The maximum atomic E-state index is 12.1. The third kappa shape index (κ3) is 4.08. The smallest absolute Gasteiger partial charge is 0.344 e. The van der Waals surface area contributed by atoms with Crippen LogP contribution < -0.4 is 10.3 Å². The van der Waals surface area contributed by atoms with Gasteiger partial charge in [0.25, 0.3) is 5.56 Å². The molecule has 26 heavy (non-hydrogen) atoms. The van der Waals surface area contributed by atoms with Crippen molar-refractivity contribution in [1.82, 2.24) is 9.97 Å². The summed E-state index contributed by atoms with van der Waals surface area (Å²) in [5.74, 6) is 0.380. The number of carbonyl (C=O) groups excluding carboxylic acids is 1. The van der Waals surface area contributed by atoms with Gasteiger partial charge in [0.05, 0.1) is 10.9 Å². The first kappa shape index (κ1) is 17.7. The second kappa shape index (κ2) is 7.39. The molecule has 0 unspecified atom stereocenters. The van der Waals surface area contributed by atoms with Gasteiger partial charge in [-0.05, 0) is 56.2 Å². The third-order valence-corrected chi connectivity index (χ3v) is 3.88. The number of hydrogen-bond donors (Lipinski definition) is 1. The van der Waals surface area contributed by atoms with E-state index in [1.54, 1.807) is 31.2 Å². The second-order valence-electron chi connectivity index (χ2n) is 6.21. The van der Waals surface area contributed by atoms with Crippen molar-refractivity contribution < 1.29 is 14.3 Å². The first-order valence-electron chi connectivity index (χ1n) is 8.32. The highest BCUT2D eigenvalue weighted by atomic mass is 16.6. The zero-order valence-corrected chi connectivity index (χ0v) is 14.9. The number of para-hydroxylation sites is 1. The van der Waals surface area contributed by atoms with E-state index in [1.807, 2.05) is 32.0 Å². The molecular weight excluding hydrogens is 332 g/mol. The Labute approximate surface area is 150 Å². The number of aromatic nitrogens is 2. The van der Waals surface area contributed by atoms with E-state index in [0.29, 0.717) is 22.5 Å². The van der Waals surface area contributed by atoms with Crippen LogP contribution in [0.3, 0.4) is 0 Å². The molecule has 0 amide bonds. The Kier molecular flexibility index (Phi) is 5.02. The van der Waals surface area contributed by atoms with E-state index in [0.717, 1.165) is 11.1 Å². The van der Waals surface area contributed by atoms with Crippen molar-refractivity contribution in [3.63, 3.8) is 0 Å². The average molecular weight is 352 g/mol. The van der Waals surface area contributed by atoms with Crippen molar-refractivity contribution >= 4 is 16.9 Å². The van der Waals surface area contributed by atoms with Crippen LogP contribution in [-0.4, -0.2) is 22.5 Å². The van der Waals surface area contributed by atoms with Crippen LogP contribution in [0.5, 0.6) is 5.75 Å². The minimum Gasteiger partial charge on any atom is -0.482 e. The molecule has 1 atom stereocenters. The summed E-state index contributed by atoms with van der Waals surface area (Å²) in [6.07, 6.45) is -0.692. The lowest BCUT2D eigenvalue weighted by molar-refractivity contribution is -0.151. The fraction of sp³-hybridized carbons (Fsp3) is 0.250. The number of nitrogens with one attached hydrogen (secondary N) is 1. The molecule has 3 rings (SSSR count). The standard InChI is InChI=1S/C20H20N2O4/c1-12-8-13(2)10-15(9-12)25-11-18(23)26-14(3)19-21-17-7-5-4-6-16(17)20(24)22-19/h4-10,14H,11H2,1-3H3,(H,21,22,24)/t14-/m0/s1. The molecule has 6 nitrogen and oxygen atoms in total. The first-order chi connectivity index (χ1) is 12.4. The summed E-state index contributed by atoms with van der Waals surface area (Å²) in [6.45, 7) is 5.36. The van der Waals surface area contributed by atoms with Gasteiger partial charge in [0.2, 0.25) is 0 Å². The van der Waals surface area contributed by atoms with Crippen LogP contribution in [0.15, 0.2) is 47.3 Å². The van der Waals surface area contributed by atoms with E-state index in [-0.39, 0.29) is 12.2 Å². The van der Waals surface area contributed by atoms with E-state index < -0.39 is 12.1 Å². The fourth-order valence-electron chi connectivity index (χ4n) is 2.74. The zero-order chi connectivity index (χ0) is 18.7. The van der Waals surface area contributed by atoms with Gasteiger partial charge in [-0.25, -0.2) is 9.78 Å². The molecule has 2 aromatic carbocycles. The van der Waals surface area contributed by atoms with Crippen LogP contribution in [0.2, 0.25) is 0 Å². The van der Waals surface area contributed by atoms with E-state index in [1.165, 1.54) is 0 Å². The number of esters is 1. The van der Waals surface area contributed by atoms with Gasteiger partial charge in [0.1, 0.15) is 5.75 Å². The van der Waals surface area contributed by atoms with Crippen LogP contribution in [-0.2, 0) is 9.53 Å². The van der Waals surface area contributed by atoms with Crippen LogP contribution >= 0.6 is 0 Å². The lowest BCUT2D eigenvalue weighted by Gasteiger charge is -2.14. The van der Waals surface area contributed by atoms with Crippen molar-refractivity contribution in [2.45, 2.75) is 26.9 Å². The minimum absolute atomic E-state index is 0.217. The summed E-state index contributed by atoms with van der Waals surface area (Å²) in [5, 5.41) is 0.493. The molecule has 0 saturated heterocycles. The predicted octanol–water partition coefficient (Wildman–Crippen LogP) is 3.22. The van der Waals surface area contributed by atoms with Crippen LogP contribution in [0.1, 0.15) is 30.0 Å². The highest BCUT2D eigenvalue weighted by molar-refractivity contribution is 5.77. The molecule has 0 bridgehead atoms. The monoisotopic (exact) mass is 352 g/mol. The van der Waals surface area contributed by atoms with E-state index in [9.17, 15) is 9.59 Å². The minimum atomic E-state index is -0.692. The van der Waals surface area contributed by atoms with Crippen molar-refractivity contribution in [2.24, 2.45) is 0 Å². The molecule has 0 radical (unpaired) electrons. The third-order valence-electron chi connectivity index (χ3n) is 3.88. The molecule has 1 N–H and O–H groups in total. The van der Waals surface area contributed by atoms with Crippen molar-refractivity contribution in [2.75, 3.05) is 6.61 Å². The maximum absolute atomic E-state index is 12.1. The van der Waals surface area contributed by atoms with Gasteiger partial charge in [-0.1, -0.05) is 18.2 Å². The number of aromatic amines is 1. The Morgan fingerprint density at radius 2 is 1.85 bits per heavy atom. The number of aryl methyl sites for hydroxylation is 2. The van der Waals surface area contributed by atoms with Gasteiger partial charge in [0, 0.05) is 0 Å². The quantitative estimate of drug-likeness (QED) is 0.713. The van der Waals surface area contributed by atoms with Crippen LogP contribution in [0.4, 0.5) is 0 Å². The Hall–Kier alpha value is -3.15. The zero-order valence-electron chi connectivity index (χ0n) is 14.9. The Bertz CT molecular complexity index is 990. The van der Waals surface area contributed by atoms with Crippen molar-refractivity contribution in [1.29, 1.82) is 0 Å². The molecule has 6 heteroatoms. The van der Waals surface area contributed by atoms with E-state index >= 15 is 0 Å². The number of H-pyrrole nitrogens is 1. The summed E-state index contributed by atoms with van der Waals surface area (Å²) in [6, 6.07) is 12.7. The molecule has 0 aliphatic rings. The van der Waals surface area contributed by atoms with Crippen LogP contribution in [0, 0.1) is 13.8 Å².